The Hall–Kier alpha value is -10.6. The van der Waals surface area contributed by atoms with Gasteiger partial charge < -0.3 is 125 Å². The monoisotopic (exact) mass is 1470 g/mol. The minimum atomic E-state index is -1.89. The Morgan fingerprint density at radius 1 is 0.408 bits per heavy atom. The number of aromatic hydroxyl groups is 2. The van der Waals surface area contributed by atoms with Gasteiger partial charge in [0.2, 0.25) is 70.9 Å². The number of rotatable bonds is 51. The highest BCUT2D eigenvalue weighted by atomic mass is 32.2. The van der Waals surface area contributed by atoms with Gasteiger partial charge in [-0.25, -0.2) is 4.79 Å². The van der Waals surface area contributed by atoms with Crippen LogP contribution in [-0.4, -0.2) is 220 Å². The Labute approximate surface area is 598 Å². The van der Waals surface area contributed by atoms with Crippen LogP contribution in [0, 0.1) is 0 Å². The lowest BCUT2D eigenvalue weighted by Gasteiger charge is -2.28. The van der Waals surface area contributed by atoms with Crippen molar-refractivity contribution < 1.29 is 87.5 Å². The number of phenols is 2. The first-order chi connectivity index (χ1) is 48.7. The Morgan fingerprint density at radius 2 is 0.757 bits per heavy atom. The molecule has 2 aromatic carbocycles. The van der Waals surface area contributed by atoms with Crippen LogP contribution < -0.4 is 105 Å². The number of thioether (sulfide) groups is 1. The molecule has 12 amide bonds. The van der Waals surface area contributed by atoms with E-state index in [9.17, 15) is 87.5 Å². The Morgan fingerprint density at radius 3 is 1.17 bits per heavy atom. The van der Waals surface area contributed by atoms with Crippen LogP contribution in [0.25, 0.3) is 0 Å². The highest BCUT2D eigenvalue weighted by Crippen LogP contribution is 2.16. The van der Waals surface area contributed by atoms with Crippen LogP contribution in [0.4, 0.5) is 0 Å². The van der Waals surface area contributed by atoms with Crippen LogP contribution in [0.2, 0.25) is 0 Å². The summed E-state index contributed by atoms with van der Waals surface area (Å²) in [6, 6.07) is -6.56. The van der Waals surface area contributed by atoms with E-state index in [0.717, 1.165) is 0 Å². The van der Waals surface area contributed by atoms with E-state index in [0.29, 0.717) is 24.0 Å². The summed E-state index contributed by atoms with van der Waals surface area (Å²) in [7, 11) is 0. The summed E-state index contributed by atoms with van der Waals surface area (Å²) in [5, 5.41) is 63.9. The number of guanidine groups is 2. The van der Waals surface area contributed by atoms with Crippen LogP contribution in [0.3, 0.4) is 0 Å². The van der Waals surface area contributed by atoms with E-state index in [4.69, 9.17) is 51.6 Å². The maximum absolute atomic E-state index is 14.6. The third-order valence-corrected chi connectivity index (χ3v) is 16.0. The van der Waals surface area contributed by atoms with Gasteiger partial charge in [-0.3, -0.25) is 72.3 Å². The fourth-order valence-electron chi connectivity index (χ4n) is 9.81. The van der Waals surface area contributed by atoms with E-state index >= 15 is 0 Å². The van der Waals surface area contributed by atoms with E-state index in [-0.39, 0.29) is 132 Å². The quantitative estimate of drug-likeness (QED) is 0.0166. The number of aliphatic imine (C=N–C) groups is 2. The molecule has 0 radical (unpaired) electrons. The second-order valence-electron chi connectivity index (χ2n) is 24.0. The molecule has 0 spiro atoms. The first-order valence-corrected chi connectivity index (χ1v) is 34.4. The molecule has 40 heteroatoms. The van der Waals surface area contributed by atoms with Gasteiger partial charge in [-0.2, -0.15) is 11.8 Å². The SMILES string of the molecule is CSCC[C@H](NC(=O)[C@H](C)NC(=O)[C@H](CCCN=C(N)N)NC(=O)[C@H](CCCCN)NC(=O)[C@H](CC(N)=O)NC(=O)[C@H](Cc1ccc(O)cc1)NC(=O)[C@H](CCCCN)NC(=O)[C@H](CCC(N)=O)NC(=O)[C@@H](N)CCCN=C(N)N)C(=O)N[C@@H](CC(=O)O)C(=O)N[C@@H](Cc1ccc(O)cc1)C(=O)O. The molecule has 0 aliphatic heterocycles. The lowest BCUT2D eigenvalue weighted by atomic mass is 10.0. The number of unbranched alkanes of at least 4 members (excludes halogenated alkanes) is 2. The predicted molar refractivity (Wildman–Crippen MR) is 377 cm³/mol. The van der Waals surface area contributed by atoms with E-state index in [2.05, 4.69) is 63.2 Å². The highest BCUT2D eigenvalue weighted by Gasteiger charge is 2.37. The van der Waals surface area contributed by atoms with Gasteiger partial charge in [-0.15, -0.1) is 0 Å². The number of benzene rings is 2. The number of primary amides is 2. The van der Waals surface area contributed by atoms with Gasteiger partial charge in [0.1, 0.15) is 71.9 Å². The molecule has 2 aromatic rings. The summed E-state index contributed by atoms with van der Waals surface area (Å²) in [5.74, 6) is -15.9. The third kappa shape index (κ3) is 36.0. The van der Waals surface area contributed by atoms with Crippen molar-refractivity contribution in [3.63, 3.8) is 0 Å². The lowest BCUT2D eigenvalue weighted by molar-refractivity contribution is -0.143. The van der Waals surface area contributed by atoms with E-state index < -0.39 is 169 Å². The summed E-state index contributed by atoms with van der Waals surface area (Å²) >= 11 is 1.24. The first-order valence-electron chi connectivity index (χ1n) is 33.0. The highest BCUT2D eigenvalue weighted by molar-refractivity contribution is 7.98. The number of nitrogens with zero attached hydrogens (tertiary/aromatic N) is 2. The van der Waals surface area contributed by atoms with Gasteiger partial charge in [0.25, 0.3) is 0 Å². The third-order valence-electron chi connectivity index (χ3n) is 15.4. The average Bonchev–Trinajstić information content (AvgIpc) is 0.873. The number of nitrogens with two attached hydrogens (primary N) is 9. The van der Waals surface area contributed by atoms with Gasteiger partial charge >= 0.3 is 11.9 Å². The summed E-state index contributed by atoms with van der Waals surface area (Å²) < 4.78 is 0. The number of nitrogens with one attached hydrogen (secondary N) is 10. The molecule has 0 aliphatic carbocycles. The summed E-state index contributed by atoms with van der Waals surface area (Å²) in [6.45, 7) is 1.55. The van der Waals surface area contributed by atoms with E-state index in [1.807, 2.05) is 0 Å². The van der Waals surface area contributed by atoms with E-state index in [1.165, 1.54) is 67.2 Å². The maximum atomic E-state index is 14.6. The van der Waals surface area contributed by atoms with Crippen LogP contribution >= 0.6 is 11.8 Å². The first kappa shape index (κ1) is 88.5. The summed E-state index contributed by atoms with van der Waals surface area (Å²) in [6.07, 6.45) is -0.911. The number of phenolic OH excluding ortho intramolecular Hbond substituents is 2. The molecule has 0 aromatic heterocycles. The molecule has 0 saturated carbocycles. The van der Waals surface area contributed by atoms with Crippen LogP contribution in [0.1, 0.15) is 114 Å². The Balaban J connectivity index is 2.53. The number of carbonyl (C=O) groups excluding carboxylic acids is 12. The topological polar surface area (TPSA) is 699 Å². The van der Waals surface area contributed by atoms with Crippen LogP contribution in [-0.2, 0) is 80.0 Å². The molecule has 103 heavy (non-hydrogen) atoms. The van der Waals surface area contributed by atoms with Crippen molar-refractivity contribution in [2.24, 2.45) is 61.6 Å². The fourth-order valence-corrected chi connectivity index (χ4v) is 10.3. The molecule has 0 bridgehead atoms. The standard InChI is InChI=1S/C63H101N21O18S/c1-33(51(91)76-43(23-28-103-2)57(97)83-46(32-50(89)90)60(100)84-47(61(101)102)30-35-15-19-37(86)20-16-35)75-53(93)41(12-8-27-74-63(71)72)79-54(94)39(10-3-5-24-64)80-59(99)45(31-49(68)88)82-58(98)44(29-34-13-17-36(85)18-14-34)81-55(95)40(11-4-6-25-65)78-56(96)42(21-22-48(67)87)77-52(92)38(66)9-7-26-73-62(69)70/h13-20,33,38-47,85-86H,3-12,21-32,64-66H2,1-2H3,(H2,67,87)(H2,68,88)(H,75,93)(H,76,91)(H,77,92)(H,78,96)(H,79,94)(H,80,99)(H,81,95)(H,82,98)(H,83,97)(H,84,100)(H,89,90)(H,101,102)(H4,69,70,73)(H4,71,72,74)/t33-,38-,39-,40-,41-,42-,43-,44-,45-,46-,47-/m0/s1. The zero-order valence-corrected chi connectivity index (χ0v) is 58.3. The number of aliphatic carboxylic acids is 2. The molecule has 0 aliphatic rings. The molecular formula is C63H101N21O18S. The predicted octanol–water partition coefficient (Wildman–Crippen LogP) is -7.10. The van der Waals surface area contributed by atoms with Crippen molar-refractivity contribution >= 4 is 107 Å². The van der Waals surface area contributed by atoms with Crippen molar-refractivity contribution in [2.75, 3.05) is 38.2 Å². The molecule has 0 fully saturated rings. The molecule has 39 nitrogen and oxygen atoms in total. The molecular weight excluding hydrogens is 1370 g/mol. The Bertz CT molecular complexity index is 3230. The van der Waals surface area contributed by atoms with Gasteiger partial charge in [0.05, 0.1) is 18.9 Å². The summed E-state index contributed by atoms with van der Waals surface area (Å²) in [5.41, 5.74) is 51.2. The zero-order chi connectivity index (χ0) is 77.3. The molecule has 11 atom stereocenters. The van der Waals surface area contributed by atoms with Gasteiger partial charge in [0.15, 0.2) is 11.9 Å². The minimum absolute atomic E-state index is 0.0117. The molecule has 0 saturated heterocycles. The largest absolute Gasteiger partial charge is 0.508 e. The lowest BCUT2D eigenvalue weighted by Crippen LogP contribution is -2.61. The smallest absolute Gasteiger partial charge is 0.326 e. The van der Waals surface area contributed by atoms with Crippen molar-refractivity contribution in [3.8, 4) is 11.5 Å². The van der Waals surface area contributed by atoms with Gasteiger partial charge in [-0.1, -0.05) is 24.3 Å². The minimum Gasteiger partial charge on any atom is -0.508 e. The van der Waals surface area contributed by atoms with Gasteiger partial charge in [-0.05, 0) is 144 Å². The zero-order valence-electron chi connectivity index (χ0n) is 57.5. The molecule has 32 N–H and O–H groups in total. The normalized spacial score (nSPS) is 14.1. The number of hydrogen-bond acceptors (Lipinski definition) is 22. The number of amides is 12. The number of carbonyl (C=O) groups is 14. The summed E-state index contributed by atoms with van der Waals surface area (Å²) in [4.78, 5) is 197. The molecule has 572 valence electrons. The Kier molecular flexibility index (Phi) is 40.8. The van der Waals surface area contributed by atoms with Crippen molar-refractivity contribution in [1.82, 2.24) is 53.2 Å². The van der Waals surface area contributed by atoms with Crippen LogP contribution in [0.15, 0.2) is 58.5 Å². The van der Waals surface area contributed by atoms with Crippen LogP contribution in [0.5, 0.6) is 11.5 Å². The van der Waals surface area contributed by atoms with Crippen molar-refractivity contribution in [3.05, 3.63) is 59.7 Å². The van der Waals surface area contributed by atoms with E-state index in [1.54, 1.807) is 6.26 Å². The second kappa shape index (κ2) is 47.5. The fraction of sp³-hybridized carbons (Fsp3) is 0.556. The molecule has 2 rings (SSSR count). The van der Waals surface area contributed by atoms with Gasteiger partial charge in [0, 0.05) is 32.4 Å². The number of carboxylic acids is 2. The maximum Gasteiger partial charge on any atom is 0.326 e. The molecule has 0 heterocycles. The van der Waals surface area contributed by atoms with Crippen molar-refractivity contribution in [1.29, 1.82) is 0 Å². The average molecular weight is 1470 g/mol. The number of carboxylic acid groups (broad SMARTS) is 2. The second-order valence-corrected chi connectivity index (χ2v) is 25.0. The number of hydrogen-bond donors (Lipinski definition) is 23. The van der Waals surface area contributed by atoms with Crippen molar-refractivity contribution in [2.45, 2.75) is 183 Å². The molecule has 0 unspecified atom stereocenters.